The molecule has 18 heavy (non-hydrogen) atoms. The molecule has 2 amide bonds. The number of anilines is 1. The van der Waals surface area contributed by atoms with Crippen LogP contribution in [0.4, 0.5) is 14.5 Å². The van der Waals surface area contributed by atoms with Crippen molar-refractivity contribution in [2.24, 2.45) is 0 Å². The molecule has 0 bridgehead atoms. The fourth-order valence-corrected chi connectivity index (χ4v) is 1.27. The summed E-state index contributed by atoms with van der Waals surface area (Å²) in [7, 11) is 0. The lowest BCUT2D eigenvalue weighted by atomic mass is 10.2. The van der Waals surface area contributed by atoms with E-state index in [0.29, 0.717) is 6.54 Å². The minimum Gasteiger partial charge on any atom is -0.356 e. The lowest BCUT2D eigenvalue weighted by Crippen LogP contribution is -2.28. The van der Waals surface area contributed by atoms with E-state index in [-0.39, 0.29) is 0 Å². The van der Waals surface area contributed by atoms with Gasteiger partial charge < -0.3 is 10.6 Å². The Hall–Kier alpha value is -1.98. The Labute approximate surface area is 103 Å². The number of nitrogens with one attached hydrogen (secondary N) is 2. The Kier molecular flexibility index (Phi) is 5.23. The first kappa shape index (κ1) is 14.1. The van der Waals surface area contributed by atoms with Gasteiger partial charge in [-0.15, -0.1) is 0 Å². The topological polar surface area (TPSA) is 58.2 Å². The van der Waals surface area contributed by atoms with Crippen LogP contribution in [0.1, 0.15) is 19.8 Å². The molecule has 0 aromatic heterocycles. The fourth-order valence-electron chi connectivity index (χ4n) is 1.27. The standard InChI is InChI=1S/C12H14F2N2O2/c1-2-6-15-10(17)7-11(18)16-12-8(13)4-3-5-9(12)14/h3-5H,2,6-7H2,1H3,(H,15,17)(H,16,18). The SMILES string of the molecule is CCCNC(=O)CC(=O)Nc1c(F)cccc1F. The van der Waals surface area contributed by atoms with Gasteiger partial charge in [-0.2, -0.15) is 0 Å². The first-order valence-electron chi connectivity index (χ1n) is 5.55. The zero-order valence-electron chi connectivity index (χ0n) is 9.93. The lowest BCUT2D eigenvalue weighted by Gasteiger charge is -2.07. The van der Waals surface area contributed by atoms with Gasteiger partial charge >= 0.3 is 0 Å². The smallest absolute Gasteiger partial charge is 0.233 e. The molecule has 0 aliphatic rings. The Balaban J connectivity index is 2.57. The van der Waals surface area contributed by atoms with Crippen molar-refractivity contribution in [2.75, 3.05) is 11.9 Å². The highest BCUT2D eigenvalue weighted by atomic mass is 19.1. The third-order valence-electron chi connectivity index (χ3n) is 2.12. The summed E-state index contributed by atoms with van der Waals surface area (Å²) in [4.78, 5) is 22.6. The van der Waals surface area contributed by atoms with E-state index >= 15 is 0 Å². The van der Waals surface area contributed by atoms with Crippen LogP contribution in [0.15, 0.2) is 18.2 Å². The van der Waals surface area contributed by atoms with Crippen LogP contribution in [0.5, 0.6) is 0 Å². The molecule has 0 saturated carbocycles. The summed E-state index contributed by atoms with van der Waals surface area (Å²) >= 11 is 0. The lowest BCUT2D eigenvalue weighted by molar-refractivity contribution is -0.126. The number of benzene rings is 1. The van der Waals surface area contributed by atoms with Crippen LogP contribution in [0.25, 0.3) is 0 Å². The predicted molar refractivity (Wildman–Crippen MR) is 62.9 cm³/mol. The van der Waals surface area contributed by atoms with E-state index < -0.39 is 35.6 Å². The van der Waals surface area contributed by atoms with Crippen molar-refractivity contribution in [1.29, 1.82) is 0 Å². The molecule has 1 aromatic rings. The van der Waals surface area contributed by atoms with Crippen LogP contribution in [0, 0.1) is 11.6 Å². The number of carbonyl (C=O) groups excluding carboxylic acids is 2. The monoisotopic (exact) mass is 256 g/mol. The van der Waals surface area contributed by atoms with Crippen LogP contribution in [-0.2, 0) is 9.59 Å². The maximum absolute atomic E-state index is 13.2. The molecule has 1 rings (SSSR count). The average Bonchev–Trinajstić information content (AvgIpc) is 2.31. The van der Waals surface area contributed by atoms with Gasteiger partial charge in [0.1, 0.15) is 23.7 Å². The van der Waals surface area contributed by atoms with Gasteiger partial charge in [0.05, 0.1) is 0 Å². The summed E-state index contributed by atoms with van der Waals surface area (Å²) in [5.74, 6) is -2.99. The van der Waals surface area contributed by atoms with Gasteiger partial charge in [-0.3, -0.25) is 9.59 Å². The molecule has 1 aromatic carbocycles. The summed E-state index contributed by atoms with van der Waals surface area (Å²) in [5.41, 5.74) is -0.536. The zero-order valence-corrected chi connectivity index (χ0v) is 9.93. The minimum atomic E-state index is -0.877. The van der Waals surface area contributed by atoms with Gasteiger partial charge in [0.2, 0.25) is 11.8 Å². The van der Waals surface area contributed by atoms with Gasteiger partial charge in [-0.25, -0.2) is 8.78 Å². The van der Waals surface area contributed by atoms with Crippen molar-refractivity contribution < 1.29 is 18.4 Å². The van der Waals surface area contributed by atoms with Gasteiger partial charge in [0, 0.05) is 6.54 Å². The maximum atomic E-state index is 13.2. The summed E-state index contributed by atoms with van der Waals surface area (Å²) in [6.45, 7) is 2.33. The van der Waals surface area contributed by atoms with Crippen molar-refractivity contribution in [3.8, 4) is 0 Å². The second-order valence-electron chi connectivity index (χ2n) is 3.67. The largest absolute Gasteiger partial charge is 0.356 e. The van der Waals surface area contributed by atoms with E-state index in [1.807, 2.05) is 12.2 Å². The number of amides is 2. The van der Waals surface area contributed by atoms with Gasteiger partial charge in [0.15, 0.2) is 0 Å². The Morgan fingerprint density at radius 2 is 1.78 bits per heavy atom. The maximum Gasteiger partial charge on any atom is 0.233 e. The Morgan fingerprint density at radius 1 is 1.17 bits per heavy atom. The van der Waals surface area contributed by atoms with Crippen LogP contribution in [0.2, 0.25) is 0 Å². The van der Waals surface area contributed by atoms with E-state index in [1.165, 1.54) is 6.07 Å². The molecule has 2 N–H and O–H groups in total. The second-order valence-corrected chi connectivity index (χ2v) is 3.67. The van der Waals surface area contributed by atoms with E-state index in [1.54, 1.807) is 0 Å². The predicted octanol–water partition coefficient (Wildman–Crippen LogP) is 1.82. The van der Waals surface area contributed by atoms with Crippen molar-refractivity contribution in [1.82, 2.24) is 5.32 Å². The number of rotatable bonds is 5. The molecule has 6 heteroatoms. The average molecular weight is 256 g/mol. The van der Waals surface area contributed by atoms with Crippen LogP contribution in [-0.4, -0.2) is 18.4 Å². The highest BCUT2D eigenvalue weighted by molar-refractivity contribution is 6.03. The number of hydrogen-bond acceptors (Lipinski definition) is 2. The van der Waals surface area contributed by atoms with Crippen molar-refractivity contribution in [3.05, 3.63) is 29.8 Å². The second kappa shape index (κ2) is 6.68. The molecule has 0 fully saturated rings. The molecule has 0 spiro atoms. The molecular formula is C12H14F2N2O2. The Morgan fingerprint density at radius 3 is 2.33 bits per heavy atom. The minimum absolute atomic E-state index is 0.459. The molecule has 0 aliphatic heterocycles. The quantitative estimate of drug-likeness (QED) is 0.789. The summed E-state index contributed by atoms with van der Waals surface area (Å²) in [6, 6.07) is 3.24. The molecule has 0 atom stereocenters. The molecular weight excluding hydrogens is 242 g/mol. The van der Waals surface area contributed by atoms with Crippen molar-refractivity contribution >= 4 is 17.5 Å². The van der Waals surface area contributed by atoms with E-state index in [0.717, 1.165) is 18.6 Å². The molecule has 0 saturated heterocycles. The van der Waals surface area contributed by atoms with Crippen LogP contribution < -0.4 is 10.6 Å². The zero-order chi connectivity index (χ0) is 13.5. The van der Waals surface area contributed by atoms with Gasteiger partial charge in [0.25, 0.3) is 0 Å². The first-order valence-corrected chi connectivity index (χ1v) is 5.55. The number of para-hydroxylation sites is 1. The summed E-state index contributed by atoms with van der Waals surface area (Å²) in [5, 5.41) is 4.53. The highest BCUT2D eigenvalue weighted by Crippen LogP contribution is 2.17. The van der Waals surface area contributed by atoms with E-state index in [4.69, 9.17) is 0 Å². The van der Waals surface area contributed by atoms with E-state index in [9.17, 15) is 18.4 Å². The fraction of sp³-hybridized carbons (Fsp3) is 0.333. The van der Waals surface area contributed by atoms with Gasteiger partial charge in [-0.1, -0.05) is 13.0 Å². The van der Waals surface area contributed by atoms with Crippen LogP contribution in [0.3, 0.4) is 0 Å². The normalized spacial score (nSPS) is 9.94. The number of carbonyl (C=O) groups is 2. The summed E-state index contributed by atoms with van der Waals surface area (Å²) in [6.07, 6.45) is 0.281. The third-order valence-corrected chi connectivity index (χ3v) is 2.12. The third kappa shape index (κ3) is 4.12. The molecule has 4 nitrogen and oxygen atoms in total. The molecule has 0 aliphatic carbocycles. The molecule has 0 radical (unpaired) electrons. The molecule has 0 unspecified atom stereocenters. The summed E-state index contributed by atoms with van der Waals surface area (Å²) < 4.78 is 26.4. The van der Waals surface area contributed by atoms with Crippen molar-refractivity contribution in [3.63, 3.8) is 0 Å². The van der Waals surface area contributed by atoms with Gasteiger partial charge in [-0.05, 0) is 18.6 Å². The Bertz CT molecular complexity index is 429. The number of hydrogen-bond donors (Lipinski definition) is 2. The highest BCUT2D eigenvalue weighted by Gasteiger charge is 2.14. The van der Waals surface area contributed by atoms with Crippen molar-refractivity contribution in [2.45, 2.75) is 19.8 Å². The van der Waals surface area contributed by atoms with Crippen LogP contribution >= 0.6 is 0 Å². The first-order chi connectivity index (χ1) is 8.54. The van der Waals surface area contributed by atoms with E-state index in [2.05, 4.69) is 5.32 Å². The number of halogens is 2. The molecule has 0 heterocycles. The molecule has 98 valence electrons.